The molecule has 0 amide bonds. The molecule has 1 aliphatic rings. The van der Waals surface area contributed by atoms with E-state index in [-0.39, 0.29) is 23.5 Å². The molecule has 0 aliphatic carbocycles. The van der Waals surface area contributed by atoms with Gasteiger partial charge in [0.15, 0.2) is 10.9 Å². The van der Waals surface area contributed by atoms with Crippen molar-refractivity contribution in [2.45, 2.75) is 38.1 Å². The predicted molar refractivity (Wildman–Crippen MR) is 110 cm³/mol. The zero-order valence-corrected chi connectivity index (χ0v) is 17.2. The average molecular weight is 418 g/mol. The van der Waals surface area contributed by atoms with Gasteiger partial charge < -0.3 is 10.5 Å². The maximum atomic E-state index is 13.0. The number of benzene rings is 1. The van der Waals surface area contributed by atoms with Gasteiger partial charge in [0, 0.05) is 16.9 Å². The first kappa shape index (κ1) is 19.3. The molecule has 0 bridgehead atoms. The summed E-state index contributed by atoms with van der Waals surface area (Å²) in [6.07, 6.45) is 0.989. The standard InChI is InChI=1S/C20H20FN3O2S2/c1-10(2)15-7-13-16(8-26-15)28-19-17(13)18(22)23-20(24-19)27-9-14(25)11-3-5-12(21)6-4-11/h3-6,10,15H,7-9H2,1-2H3,(H2,22,23,24). The van der Waals surface area contributed by atoms with Crippen molar-refractivity contribution in [2.24, 2.45) is 5.92 Å². The largest absolute Gasteiger partial charge is 0.383 e. The molecule has 2 N–H and O–H groups in total. The number of nitrogens with zero attached hydrogens (tertiary/aromatic N) is 2. The second-order valence-electron chi connectivity index (χ2n) is 7.09. The summed E-state index contributed by atoms with van der Waals surface area (Å²) in [6, 6.07) is 5.52. The molecular weight excluding hydrogens is 397 g/mol. The number of fused-ring (bicyclic) bond motifs is 3. The molecule has 2 aromatic heterocycles. The fourth-order valence-electron chi connectivity index (χ4n) is 3.23. The Morgan fingerprint density at radius 3 is 2.82 bits per heavy atom. The molecule has 1 aliphatic heterocycles. The lowest BCUT2D eigenvalue weighted by molar-refractivity contribution is 0.00203. The number of ether oxygens (including phenoxy) is 1. The molecule has 1 aromatic carbocycles. The fourth-order valence-corrected chi connectivity index (χ4v) is 5.16. The third-order valence-electron chi connectivity index (χ3n) is 4.82. The quantitative estimate of drug-likeness (QED) is 0.375. The number of aromatic nitrogens is 2. The molecule has 1 unspecified atom stereocenters. The molecule has 1 atom stereocenters. The van der Waals surface area contributed by atoms with Gasteiger partial charge >= 0.3 is 0 Å². The van der Waals surface area contributed by atoms with Crippen LogP contribution in [0.25, 0.3) is 10.2 Å². The Balaban J connectivity index is 1.55. The van der Waals surface area contributed by atoms with Gasteiger partial charge in [0.25, 0.3) is 0 Å². The summed E-state index contributed by atoms with van der Waals surface area (Å²) in [5, 5.41) is 1.39. The number of ketones is 1. The van der Waals surface area contributed by atoms with Gasteiger partial charge in [-0.2, -0.15) is 0 Å². The number of carbonyl (C=O) groups is 1. The number of hydrogen-bond donors (Lipinski definition) is 1. The van der Waals surface area contributed by atoms with Crippen LogP contribution in [0.15, 0.2) is 29.4 Å². The highest BCUT2D eigenvalue weighted by Gasteiger charge is 2.27. The predicted octanol–water partition coefficient (Wildman–Crippen LogP) is 4.48. The Kier molecular flexibility index (Phi) is 5.35. The number of halogens is 1. The highest BCUT2D eigenvalue weighted by molar-refractivity contribution is 7.99. The van der Waals surface area contributed by atoms with Gasteiger partial charge in [-0.15, -0.1) is 11.3 Å². The van der Waals surface area contributed by atoms with Crippen LogP contribution in [0.4, 0.5) is 10.2 Å². The third-order valence-corrected chi connectivity index (χ3v) is 6.76. The van der Waals surface area contributed by atoms with E-state index < -0.39 is 0 Å². The lowest BCUT2D eigenvalue weighted by Crippen LogP contribution is -2.26. The van der Waals surface area contributed by atoms with Crippen LogP contribution in [-0.4, -0.2) is 27.6 Å². The van der Waals surface area contributed by atoms with Gasteiger partial charge in [0.05, 0.1) is 23.8 Å². The highest BCUT2D eigenvalue weighted by Crippen LogP contribution is 2.39. The SMILES string of the molecule is CC(C)C1Cc2c(sc3nc(SCC(=O)c4ccc(F)cc4)nc(N)c23)CO1. The first-order valence-electron chi connectivity index (χ1n) is 9.03. The molecule has 8 heteroatoms. The fraction of sp³-hybridized carbons (Fsp3) is 0.350. The molecule has 28 heavy (non-hydrogen) atoms. The van der Waals surface area contributed by atoms with E-state index in [0.717, 1.165) is 21.5 Å². The summed E-state index contributed by atoms with van der Waals surface area (Å²) in [6.45, 7) is 4.87. The maximum Gasteiger partial charge on any atom is 0.191 e. The van der Waals surface area contributed by atoms with Gasteiger partial charge in [-0.25, -0.2) is 14.4 Å². The van der Waals surface area contributed by atoms with Crippen LogP contribution in [0.3, 0.4) is 0 Å². The van der Waals surface area contributed by atoms with Crippen molar-refractivity contribution in [3.05, 3.63) is 46.1 Å². The van der Waals surface area contributed by atoms with Crippen LogP contribution in [0, 0.1) is 11.7 Å². The monoisotopic (exact) mass is 417 g/mol. The van der Waals surface area contributed by atoms with E-state index in [1.54, 1.807) is 11.3 Å². The zero-order valence-electron chi connectivity index (χ0n) is 15.6. The number of nitrogen functional groups attached to an aromatic ring is 1. The Morgan fingerprint density at radius 2 is 2.11 bits per heavy atom. The number of carbonyl (C=O) groups excluding carboxylic acids is 1. The first-order chi connectivity index (χ1) is 13.4. The number of thiophene rings is 1. The Morgan fingerprint density at radius 1 is 1.36 bits per heavy atom. The third kappa shape index (κ3) is 3.76. The van der Waals surface area contributed by atoms with E-state index in [9.17, 15) is 9.18 Å². The van der Waals surface area contributed by atoms with Crippen molar-refractivity contribution in [3.63, 3.8) is 0 Å². The Labute approximate surface area is 170 Å². The van der Waals surface area contributed by atoms with Crippen molar-refractivity contribution in [1.82, 2.24) is 9.97 Å². The van der Waals surface area contributed by atoms with Gasteiger partial charge in [-0.05, 0) is 35.7 Å². The minimum Gasteiger partial charge on any atom is -0.383 e. The van der Waals surface area contributed by atoms with E-state index in [1.165, 1.54) is 41.6 Å². The molecule has 0 saturated carbocycles. The Hall–Kier alpha value is -2.03. The minimum absolute atomic E-state index is 0.106. The summed E-state index contributed by atoms with van der Waals surface area (Å²) in [7, 11) is 0. The molecule has 0 fully saturated rings. The van der Waals surface area contributed by atoms with E-state index in [1.807, 2.05) is 0 Å². The molecule has 0 radical (unpaired) electrons. The lowest BCUT2D eigenvalue weighted by atomic mass is 9.96. The molecular formula is C20H20FN3O2S2. The van der Waals surface area contributed by atoms with Gasteiger partial charge in [0.2, 0.25) is 0 Å². The van der Waals surface area contributed by atoms with Crippen LogP contribution < -0.4 is 5.73 Å². The van der Waals surface area contributed by atoms with Crippen LogP contribution in [0.2, 0.25) is 0 Å². The normalized spacial score (nSPS) is 16.5. The van der Waals surface area contributed by atoms with E-state index in [2.05, 4.69) is 23.8 Å². The highest BCUT2D eigenvalue weighted by atomic mass is 32.2. The number of nitrogens with two attached hydrogens (primary N) is 1. The van der Waals surface area contributed by atoms with Crippen molar-refractivity contribution >= 4 is 44.9 Å². The summed E-state index contributed by atoms with van der Waals surface area (Å²) >= 11 is 2.82. The molecule has 146 valence electrons. The number of Topliss-reactive ketones (excluding diaryl/α,β-unsaturated/α-hetero) is 1. The first-order valence-corrected chi connectivity index (χ1v) is 10.8. The van der Waals surface area contributed by atoms with Crippen LogP contribution >= 0.6 is 23.1 Å². The molecule has 3 aromatic rings. The molecule has 5 nitrogen and oxygen atoms in total. The van der Waals surface area contributed by atoms with E-state index in [0.29, 0.717) is 29.1 Å². The topological polar surface area (TPSA) is 78.1 Å². The van der Waals surface area contributed by atoms with Crippen molar-refractivity contribution in [3.8, 4) is 0 Å². The molecule has 3 heterocycles. The van der Waals surface area contributed by atoms with Crippen molar-refractivity contribution in [1.29, 1.82) is 0 Å². The summed E-state index contributed by atoms with van der Waals surface area (Å²) in [4.78, 5) is 23.3. The van der Waals surface area contributed by atoms with Crippen LogP contribution in [0.1, 0.15) is 34.6 Å². The van der Waals surface area contributed by atoms with E-state index in [4.69, 9.17) is 10.5 Å². The summed E-state index contributed by atoms with van der Waals surface area (Å²) < 4.78 is 18.9. The summed E-state index contributed by atoms with van der Waals surface area (Å²) in [5.41, 5.74) is 7.92. The summed E-state index contributed by atoms with van der Waals surface area (Å²) in [5.74, 6) is 0.573. The van der Waals surface area contributed by atoms with Crippen molar-refractivity contribution in [2.75, 3.05) is 11.5 Å². The Bertz CT molecular complexity index is 1030. The van der Waals surface area contributed by atoms with Crippen LogP contribution in [-0.2, 0) is 17.8 Å². The molecule has 0 spiro atoms. The van der Waals surface area contributed by atoms with Gasteiger partial charge in [0.1, 0.15) is 16.5 Å². The average Bonchev–Trinajstić information content (AvgIpc) is 3.04. The van der Waals surface area contributed by atoms with Gasteiger partial charge in [-0.1, -0.05) is 25.6 Å². The smallest absolute Gasteiger partial charge is 0.191 e. The second-order valence-corrected chi connectivity index (χ2v) is 9.12. The minimum atomic E-state index is -0.365. The van der Waals surface area contributed by atoms with Crippen LogP contribution in [0.5, 0.6) is 0 Å². The lowest BCUT2D eigenvalue weighted by Gasteiger charge is -2.26. The van der Waals surface area contributed by atoms with Gasteiger partial charge in [-0.3, -0.25) is 4.79 Å². The molecule has 0 saturated heterocycles. The zero-order chi connectivity index (χ0) is 19.8. The number of hydrogen-bond acceptors (Lipinski definition) is 7. The van der Waals surface area contributed by atoms with E-state index >= 15 is 0 Å². The number of anilines is 1. The molecule has 4 rings (SSSR count). The second kappa shape index (κ2) is 7.77. The maximum absolute atomic E-state index is 13.0. The number of thioether (sulfide) groups is 1. The van der Waals surface area contributed by atoms with Crippen molar-refractivity contribution < 1.29 is 13.9 Å². The number of rotatable bonds is 5.